The molecule has 0 heterocycles. The average molecular weight is 281 g/mol. The van der Waals surface area contributed by atoms with Crippen LogP contribution in [0.2, 0.25) is 5.02 Å². The summed E-state index contributed by atoms with van der Waals surface area (Å²) < 4.78 is 12.8. The highest BCUT2D eigenvalue weighted by atomic mass is 35.5. The molecule has 1 amide bonds. The van der Waals surface area contributed by atoms with Gasteiger partial charge in [0.25, 0.3) is 0 Å². The van der Waals surface area contributed by atoms with E-state index in [9.17, 15) is 9.18 Å². The van der Waals surface area contributed by atoms with Gasteiger partial charge >= 0.3 is 0 Å². The zero-order valence-corrected chi connectivity index (χ0v) is 11.1. The summed E-state index contributed by atoms with van der Waals surface area (Å²) in [5.74, 6) is -0.674. The lowest BCUT2D eigenvalue weighted by Crippen LogP contribution is -2.39. The summed E-state index contributed by atoms with van der Waals surface area (Å²) in [7, 11) is 0. The maximum Gasteiger partial charge on any atom is 0.237 e. The van der Waals surface area contributed by atoms with Crippen molar-refractivity contribution in [2.45, 2.75) is 25.9 Å². The fourth-order valence-electron chi connectivity index (χ4n) is 1.28. The van der Waals surface area contributed by atoms with E-state index in [0.29, 0.717) is 5.56 Å². The third kappa shape index (κ3) is 4.50. The van der Waals surface area contributed by atoms with Crippen LogP contribution in [0.15, 0.2) is 18.2 Å². The van der Waals surface area contributed by atoms with Crippen LogP contribution in [0.4, 0.5) is 4.39 Å². The lowest BCUT2D eigenvalue weighted by atomic mass is 10.1. The first-order valence-corrected chi connectivity index (χ1v) is 5.30. The molecule has 1 unspecified atom stereocenters. The van der Waals surface area contributed by atoms with E-state index in [1.54, 1.807) is 19.9 Å². The molecular weight excluding hydrogens is 266 g/mol. The van der Waals surface area contributed by atoms with Gasteiger partial charge in [-0.15, -0.1) is 12.4 Å². The van der Waals surface area contributed by atoms with Gasteiger partial charge < -0.3 is 11.1 Å². The number of benzene rings is 1. The van der Waals surface area contributed by atoms with Crippen molar-refractivity contribution in [3.05, 3.63) is 34.6 Å². The Kier molecular flexibility index (Phi) is 6.45. The van der Waals surface area contributed by atoms with Gasteiger partial charge in [0, 0.05) is 5.02 Å². The monoisotopic (exact) mass is 280 g/mol. The number of hydrogen-bond acceptors (Lipinski definition) is 2. The third-order valence-corrected chi connectivity index (χ3v) is 2.53. The molecule has 0 bridgehead atoms. The summed E-state index contributed by atoms with van der Waals surface area (Å²) in [5, 5.41) is 2.97. The van der Waals surface area contributed by atoms with Crippen LogP contribution in [0.5, 0.6) is 0 Å². The Morgan fingerprint density at radius 2 is 2.06 bits per heavy atom. The van der Waals surface area contributed by atoms with Crippen molar-refractivity contribution < 1.29 is 9.18 Å². The minimum absolute atomic E-state index is 0. The van der Waals surface area contributed by atoms with Gasteiger partial charge in [-0.25, -0.2) is 4.39 Å². The number of halogens is 3. The maximum absolute atomic E-state index is 12.8. The molecule has 6 heteroatoms. The SMILES string of the molecule is CC(NC(=O)[C@H](C)N)c1ccc(F)cc1Cl.Cl. The normalized spacial score (nSPS) is 13.5. The maximum atomic E-state index is 12.8. The van der Waals surface area contributed by atoms with E-state index in [2.05, 4.69) is 5.32 Å². The number of nitrogens with two attached hydrogens (primary N) is 1. The van der Waals surface area contributed by atoms with Crippen LogP contribution >= 0.6 is 24.0 Å². The number of carbonyl (C=O) groups excluding carboxylic acids is 1. The van der Waals surface area contributed by atoms with E-state index >= 15 is 0 Å². The molecule has 3 nitrogen and oxygen atoms in total. The second-order valence-corrected chi connectivity index (χ2v) is 4.09. The summed E-state index contributed by atoms with van der Waals surface area (Å²) in [6, 6.07) is 3.18. The zero-order valence-electron chi connectivity index (χ0n) is 9.54. The molecule has 0 saturated carbocycles. The second kappa shape index (κ2) is 6.79. The topological polar surface area (TPSA) is 55.1 Å². The standard InChI is InChI=1S/C11H14ClFN2O.ClH/c1-6(14)11(16)15-7(2)9-4-3-8(13)5-10(9)12;/h3-7H,14H2,1-2H3,(H,15,16);1H/t6-,7?;/m0./s1. The first-order chi connectivity index (χ1) is 7.41. The van der Waals surface area contributed by atoms with Gasteiger partial charge in [-0.05, 0) is 31.5 Å². The van der Waals surface area contributed by atoms with Crippen LogP contribution in [-0.2, 0) is 4.79 Å². The van der Waals surface area contributed by atoms with Gasteiger partial charge in [0.1, 0.15) is 5.82 Å². The van der Waals surface area contributed by atoms with Crippen LogP contribution in [0.1, 0.15) is 25.5 Å². The van der Waals surface area contributed by atoms with Gasteiger partial charge in [-0.2, -0.15) is 0 Å². The summed E-state index contributed by atoms with van der Waals surface area (Å²) in [6.07, 6.45) is 0. The van der Waals surface area contributed by atoms with Crippen LogP contribution < -0.4 is 11.1 Å². The minimum atomic E-state index is -0.582. The molecule has 0 fully saturated rings. The van der Waals surface area contributed by atoms with Crippen molar-refractivity contribution in [1.82, 2.24) is 5.32 Å². The molecule has 1 aromatic rings. The first-order valence-electron chi connectivity index (χ1n) is 4.92. The van der Waals surface area contributed by atoms with Gasteiger partial charge in [-0.1, -0.05) is 17.7 Å². The Bertz CT molecular complexity index is 399. The highest BCUT2D eigenvalue weighted by Gasteiger charge is 2.15. The summed E-state index contributed by atoms with van der Waals surface area (Å²) in [5.41, 5.74) is 6.08. The fourth-order valence-corrected chi connectivity index (χ4v) is 1.61. The van der Waals surface area contributed by atoms with E-state index in [0.717, 1.165) is 0 Å². The fraction of sp³-hybridized carbons (Fsp3) is 0.364. The van der Waals surface area contributed by atoms with Crippen molar-refractivity contribution in [2.24, 2.45) is 5.73 Å². The lowest BCUT2D eigenvalue weighted by molar-refractivity contribution is -0.122. The molecule has 1 rings (SSSR count). The molecule has 2 atom stereocenters. The Labute approximate surface area is 111 Å². The first kappa shape index (κ1) is 16.2. The summed E-state index contributed by atoms with van der Waals surface area (Å²) in [4.78, 5) is 11.4. The molecule has 0 aliphatic heterocycles. The molecule has 0 saturated heterocycles. The number of nitrogens with one attached hydrogen (secondary N) is 1. The third-order valence-electron chi connectivity index (χ3n) is 2.20. The predicted molar refractivity (Wildman–Crippen MR) is 68.9 cm³/mol. The number of hydrogen-bond donors (Lipinski definition) is 2. The molecule has 0 radical (unpaired) electrons. The van der Waals surface area contributed by atoms with Gasteiger partial charge in [-0.3, -0.25) is 4.79 Å². The van der Waals surface area contributed by atoms with E-state index in [4.69, 9.17) is 17.3 Å². The largest absolute Gasteiger partial charge is 0.348 e. The van der Waals surface area contributed by atoms with Crippen LogP contribution in [0.25, 0.3) is 0 Å². The van der Waals surface area contributed by atoms with Gasteiger partial charge in [0.05, 0.1) is 12.1 Å². The van der Waals surface area contributed by atoms with Crippen LogP contribution in [0, 0.1) is 5.82 Å². The lowest BCUT2D eigenvalue weighted by Gasteiger charge is -2.17. The molecule has 3 N–H and O–H groups in total. The molecule has 0 aromatic heterocycles. The van der Waals surface area contributed by atoms with Crippen molar-refractivity contribution in [3.63, 3.8) is 0 Å². The van der Waals surface area contributed by atoms with E-state index < -0.39 is 11.9 Å². The highest BCUT2D eigenvalue weighted by Crippen LogP contribution is 2.23. The van der Waals surface area contributed by atoms with Crippen molar-refractivity contribution in [2.75, 3.05) is 0 Å². The van der Waals surface area contributed by atoms with Crippen molar-refractivity contribution >= 4 is 29.9 Å². The average Bonchev–Trinajstić information content (AvgIpc) is 2.16. The molecule has 1 aromatic carbocycles. The minimum Gasteiger partial charge on any atom is -0.348 e. The Balaban J connectivity index is 0.00000256. The van der Waals surface area contributed by atoms with Crippen LogP contribution in [-0.4, -0.2) is 11.9 Å². The van der Waals surface area contributed by atoms with E-state index in [1.807, 2.05) is 0 Å². The van der Waals surface area contributed by atoms with Crippen molar-refractivity contribution in [1.29, 1.82) is 0 Å². The molecule has 0 spiro atoms. The summed E-state index contributed by atoms with van der Waals surface area (Å²) in [6.45, 7) is 3.35. The summed E-state index contributed by atoms with van der Waals surface area (Å²) >= 11 is 5.86. The highest BCUT2D eigenvalue weighted by molar-refractivity contribution is 6.31. The zero-order chi connectivity index (χ0) is 12.3. The molecule has 17 heavy (non-hydrogen) atoms. The van der Waals surface area contributed by atoms with Gasteiger partial charge in [0.2, 0.25) is 5.91 Å². The number of rotatable bonds is 3. The second-order valence-electron chi connectivity index (χ2n) is 3.68. The van der Waals surface area contributed by atoms with Crippen LogP contribution in [0.3, 0.4) is 0 Å². The number of carbonyl (C=O) groups is 1. The predicted octanol–water partition coefficient (Wildman–Crippen LogP) is 2.43. The molecule has 96 valence electrons. The Hall–Kier alpha value is -0.840. The van der Waals surface area contributed by atoms with E-state index in [-0.39, 0.29) is 29.4 Å². The Morgan fingerprint density at radius 1 is 1.47 bits per heavy atom. The smallest absolute Gasteiger partial charge is 0.237 e. The molecular formula is C11H15Cl2FN2O. The van der Waals surface area contributed by atoms with Crippen molar-refractivity contribution in [3.8, 4) is 0 Å². The molecule has 0 aliphatic rings. The number of amides is 1. The molecule has 0 aliphatic carbocycles. The quantitative estimate of drug-likeness (QED) is 0.894. The Morgan fingerprint density at radius 3 is 2.53 bits per heavy atom. The van der Waals surface area contributed by atoms with E-state index in [1.165, 1.54) is 12.1 Å². The van der Waals surface area contributed by atoms with Gasteiger partial charge in [0.15, 0.2) is 0 Å².